The van der Waals surface area contributed by atoms with E-state index in [1.165, 1.54) is 6.33 Å². The second-order valence-corrected chi connectivity index (χ2v) is 3.68. The highest BCUT2D eigenvalue weighted by atomic mass is 16.4. The maximum absolute atomic E-state index is 10.3. The number of imidazole rings is 1. The summed E-state index contributed by atoms with van der Waals surface area (Å²) >= 11 is 0. The Morgan fingerprint density at radius 2 is 1.85 bits per heavy atom. The Morgan fingerprint density at radius 3 is 2.15 bits per heavy atom. The fourth-order valence-electron chi connectivity index (χ4n) is 0.973. The van der Waals surface area contributed by atoms with Gasteiger partial charge < -0.3 is 31.1 Å². The van der Waals surface area contributed by atoms with Gasteiger partial charge in [-0.2, -0.15) is 0 Å². The zero-order valence-corrected chi connectivity index (χ0v) is 10.3. The number of aliphatic hydroxyl groups is 1. The van der Waals surface area contributed by atoms with Crippen molar-refractivity contribution in [3.05, 3.63) is 18.2 Å². The number of nitrogens with one attached hydrogen (secondary N) is 1. The summed E-state index contributed by atoms with van der Waals surface area (Å²) in [4.78, 5) is 36.2. The van der Waals surface area contributed by atoms with Crippen molar-refractivity contribution in [1.29, 1.82) is 0 Å². The lowest BCUT2D eigenvalue weighted by atomic mass is 10.2. The molecule has 10 heteroatoms. The second kappa shape index (κ2) is 8.61. The van der Waals surface area contributed by atoms with E-state index in [-0.39, 0.29) is 6.42 Å². The molecule has 2 atom stereocenters. The van der Waals surface area contributed by atoms with E-state index >= 15 is 0 Å². The highest BCUT2D eigenvalue weighted by molar-refractivity contribution is 5.79. The molecule has 0 radical (unpaired) electrons. The molecule has 1 rings (SSSR count). The Bertz CT molecular complexity index is 446. The highest BCUT2D eigenvalue weighted by Crippen LogP contribution is 1.95. The number of aliphatic hydroxyl groups excluding tert-OH is 1. The van der Waals surface area contributed by atoms with Crippen molar-refractivity contribution in [3.63, 3.8) is 0 Å². The molecule has 0 aromatic carbocycles. The molecule has 1 heterocycles. The molecule has 0 aliphatic rings. The number of carboxylic acids is 3. The minimum Gasteiger partial charge on any atom is -0.481 e. The summed E-state index contributed by atoms with van der Waals surface area (Å²) in [6, 6.07) is -0.851. The van der Waals surface area contributed by atoms with Crippen molar-refractivity contribution in [1.82, 2.24) is 9.97 Å². The topological polar surface area (TPSA) is 187 Å². The van der Waals surface area contributed by atoms with E-state index in [4.69, 9.17) is 26.2 Å². The number of aromatic amines is 1. The van der Waals surface area contributed by atoms with Gasteiger partial charge in [0.05, 0.1) is 12.7 Å². The number of aromatic nitrogens is 2. The van der Waals surface area contributed by atoms with Gasteiger partial charge in [-0.25, -0.2) is 9.78 Å². The summed E-state index contributed by atoms with van der Waals surface area (Å²) in [6.07, 6.45) is 0.791. The maximum Gasteiger partial charge on any atom is 0.333 e. The zero-order chi connectivity index (χ0) is 15.7. The number of aliphatic carboxylic acids is 3. The molecule has 0 bridgehead atoms. The standard InChI is InChI=1S/C6H9N3O2.C4H6O5/c7-5(6(10)11)1-4-2-8-3-9-4;5-2(4(8)9)1-3(6)7/h2-3,5H,1,7H2,(H,8,9)(H,10,11);2,5H,1H2,(H,6,7)(H,8,9)/t5-;2-/m01/s1. The summed E-state index contributed by atoms with van der Waals surface area (Å²) in [6.45, 7) is 0. The van der Waals surface area contributed by atoms with Gasteiger partial charge in [0, 0.05) is 18.3 Å². The number of rotatable bonds is 6. The third kappa shape index (κ3) is 7.79. The molecule has 0 unspecified atom stereocenters. The fourth-order valence-corrected chi connectivity index (χ4v) is 0.973. The first-order valence-corrected chi connectivity index (χ1v) is 5.32. The van der Waals surface area contributed by atoms with Crippen molar-refractivity contribution in [2.24, 2.45) is 5.73 Å². The summed E-state index contributed by atoms with van der Waals surface area (Å²) in [5.41, 5.74) is 6.00. The van der Waals surface area contributed by atoms with Gasteiger partial charge in [-0.3, -0.25) is 9.59 Å². The molecular formula is C10H15N3O7. The minimum absolute atomic E-state index is 0.287. The number of nitrogens with zero attached hydrogens (tertiary/aromatic N) is 1. The number of carboxylic acid groups (broad SMARTS) is 3. The van der Waals surface area contributed by atoms with Gasteiger partial charge in [-0.15, -0.1) is 0 Å². The average molecular weight is 289 g/mol. The smallest absolute Gasteiger partial charge is 0.333 e. The molecule has 0 amide bonds. The SMILES string of the molecule is N[C@@H](Cc1cnc[nH]1)C(=O)O.O=C(O)C[C@@H](O)C(=O)O. The molecule has 1 aromatic heterocycles. The van der Waals surface area contributed by atoms with Gasteiger partial charge in [0.25, 0.3) is 0 Å². The Labute approximate surface area is 112 Å². The fraction of sp³-hybridized carbons (Fsp3) is 0.400. The molecule has 7 N–H and O–H groups in total. The van der Waals surface area contributed by atoms with Crippen molar-refractivity contribution < 1.29 is 34.8 Å². The molecule has 0 spiro atoms. The molecule has 0 aliphatic heterocycles. The normalized spacial score (nSPS) is 12.7. The van der Waals surface area contributed by atoms with E-state index in [1.807, 2.05) is 0 Å². The number of hydrogen-bond donors (Lipinski definition) is 6. The molecule has 0 saturated heterocycles. The van der Waals surface area contributed by atoms with Gasteiger partial charge in [-0.1, -0.05) is 0 Å². The zero-order valence-electron chi connectivity index (χ0n) is 10.3. The van der Waals surface area contributed by atoms with E-state index in [0.29, 0.717) is 0 Å². The lowest BCUT2D eigenvalue weighted by molar-refractivity contribution is -0.152. The van der Waals surface area contributed by atoms with Crippen molar-refractivity contribution in [2.75, 3.05) is 0 Å². The molecule has 10 nitrogen and oxygen atoms in total. The first kappa shape index (κ1) is 17.5. The Hall–Kier alpha value is -2.46. The number of H-pyrrole nitrogens is 1. The van der Waals surface area contributed by atoms with Gasteiger partial charge in [0.15, 0.2) is 6.10 Å². The Balaban J connectivity index is 0.000000370. The Morgan fingerprint density at radius 1 is 1.25 bits per heavy atom. The van der Waals surface area contributed by atoms with Crippen molar-refractivity contribution in [2.45, 2.75) is 25.0 Å². The Kier molecular flexibility index (Phi) is 7.55. The van der Waals surface area contributed by atoms with Gasteiger partial charge in [0.1, 0.15) is 6.04 Å². The van der Waals surface area contributed by atoms with Crippen LogP contribution in [0.5, 0.6) is 0 Å². The average Bonchev–Trinajstić information content (AvgIpc) is 2.81. The monoisotopic (exact) mass is 289 g/mol. The molecule has 20 heavy (non-hydrogen) atoms. The summed E-state index contributed by atoms with van der Waals surface area (Å²) in [5.74, 6) is -3.85. The first-order valence-electron chi connectivity index (χ1n) is 5.32. The lowest BCUT2D eigenvalue weighted by Crippen LogP contribution is -2.32. The quantitative estimate of drug-likeness (QED) is 0.353. The van der Waals surface area contributed by atoms with Crippen LogP contribution >= 0.6 is 0 Å². The van der Waals surface area contributed by atoms with E-state index in [9.17, 15) is 14.4 Å². The van der Waals surface area contributed by atoms with Crippen LogP contribution in [0, 0.1) is 0 Å². The summed E-state index contributed by atoms with van der Waals surface area (Å²) in [7, 11) is 0. The minimum atomic E-state index is -1.79. The second-order valence-electron chi connectivity index (χ2n) is 3.68. The summed E-state index contributed by atoms with van der Waals surface area (Å²) < 4.78 is 0. The summed E-state index contributed by atoms with van der Waals surface area (Å²) in [5, 5.41) is 32.6. The van der Waals surface area contributed by atoms with Crippen LogP contribution in [0.15, 0.2) is 12.5 Å². The third-order valence-electron chi connectivity index (χ3n) is 1.96. The van der Waals surface area contributed by atoms with E-state index in [2.05, 4.69) is 9.97 Å². The lowest BCUT2D eigenvalue weighted by Gasteiger charge is -2.02. The van der Waals surface area contributed by atoms with Crippen LogP contribution in [0.25, 0.3) is 0 Å². The van der Waals surface area contributed by atoms with Gasteiger partial charge >= 0.3 is 17.9 Å². The number of hydrogen-bond acceptors (Lipinski definition) is 6. The predicted molar refractivity (Wildman–Crippen MR) is 63.8 cm³/mol. The van der Waals surface area contributed by atoms with Crippen LogP contribution in [0.4, 0.5) is 0 Å². The van der Waals surface area contributed by atoms with Crippen LogP contribution in [0.3, 0.4) is 0 Å². The highest BCUT2D eigenvalue weighted by Gasteiger charge is 2.16. The number of nitrogens with two attached hydrogens (primary N) is 1. The van der Waals surface area contributed by atoms with Crippen LogP contribution in [0.2, 0.25) is 0 Å². The molecular weight excluding hydrogens is 274 g/mol. The molecule has 112 valence electrons. The molecule has 0 fully saturated rings. The third-order valence-corrected chi connectivity index (χ3v) is 1.96. The van der Waals surface area contributed by atoms with Crippen molar-refractivity contribution in [3.8, 4) is 0 Å². The van der Waals surface area contributed by atoms with E-state index in [0.717, 1.165) is 5.69 Å². The largest absolute Gasteiger partial charge is 0.481 e. The van der Waals surface area contributed by atoms with Gasteiger partial charge in [0.2, 0.25) is 0 Å². The molecule has 0 saturated carbocycles. The maximum atomic E-state index is 10.3. The van der Waals surface area contributed by atoms with Gasteiger partial charge in [-0.05, 0) is 0 Å². The van der Waals surface area contributed by atoms with Crippen LogP contribution in [-0.4, -0.2) is 60.4 Å². The van der Waals surface area contributed by atoms with Crippen molar-refractivity contribution >= 4 is 17.9 Å². The van der Waals surface area contributed by atoms with Crippen LogP contribution in [-0.2, 0) is 20.8 Å². The molecule has 1 aromatic rings. The number of carbonyl (C=O) groups is 3. The van der Waals surface area contributed by atoms with E-state index < -0.39 is 36.5 Å². The van der Waals surface area contributed by atoms with E-state index in [1.54, 1.807) is 6.20 Å². The predicted octanol–water partition coefficient (Wildman–Crippen LogP) is -1.73. The molecule has 0 aliphatic carbocycles. The first-order chi connectivity index (χ1) is 9.23. The van der Waals surface area contributed by atoms with Crippen LogP contribution in [0.1, 0.15) is 12.1 Å². The van der Waals surface area contributed by atoms with Crippen LogP contribution < -0.4 is 5.73 Å².